The Hall–Kier alpha value is -2.04. The van der Waals surface area contributed by atoms with Crippen molar-refractivity contribution in [1.29, 1.82) is 0 Å². The number of hydrogen-bond donors (Lipinski definition) is 1. The molecule has 1 aromatic rings. The van der Waals surface area contributed by atoms with Crippen LogP contribution in [-0.2, 0) is 20.9 Å². The quantitative estimate of drug-likeness (QED) is 0.805. The molecule has 18 heavy (non-hydrogen) atoms. The van der Waals surface area contributed by atoms with E-state index in [0.29, 0.717) is 0 Å². The van der Waals surface area contributed by atoms with Crippen LogP contribution in [0.5, 0.6) is 0 Å². The maximum absolute atomic E-state index is 11.3. The van der Waals surface area contributed by atoms with Gasteiger partial charge in [-0.25, -0.2) is 4.79 Å². The number of carbonyl (C=O) groups is 2. The summed E-state index contributed by atoms with van der Waals surface area (Å²) in [5.41, 5.74) is 0.896. The molecule has 96 valence electrons. The van der Waals surface area contributed by atoms with Crippen LogP contribution in [0.25, 0.3) is 0 Å². The Balaban J connectivity index is 1.61. The number of hydrogen-bond acceptors (Lipinski definition) is 4. The summed E-state index contributed by atoms with van der Waals surface area (Å²) in [6.07, 6.45) is 1.28. The van der Waals surface area contributed by atoms with Crippen LogP contribution in [-0.4, -0.2) is 24.7 Å². The van der Waals surface area contributed by atoms with E-state index in [-0.39, 0.29) is 19.3 Å². The Kier molecular flexibility index (Phi) is 4.17. The second kappa shape index (κ2) is 6.05. The maximum Gasteiger partial charge on any atom is 0.407 e. The van der Waals surface area contributed by atoms with E-state index in [0.717, 1.165) is 18.4 Å². The van der Waals surface area contributed by atoms with Gasteiger partial charge in [-0.15, -0.1) is 0 Å². The monoisotopic (exact) mass is 249 g/mol. The van der Waals surface area contributed by atoms with Crippen LogP contribution in [0.1, 0.15) is 18.4 Å². The first-order valence-corrected chi connectivity index (χ1v) is 5.88. The Morgan fingerprint density at radius 2 is 1.94 bits per heavy atom. The minimum atomic E-state index is -0.619. The Bertz CT molecular complexity index is 414. The molecule has 0 saturated heterocycles. The topological polar surface area (TPSA) is 64.6 Å². The van der Waals surface area contributed by atoms with Crippen molar-refractivity contribution in [3.63, 3.8) is 0 Å². The van der Waals surface area contributed by atoms with Gasteiger partial charge in [0.1, 0.15) is 19.3 Å². The normalized spacial score (nSPS) is 13.8. The summed E-state index contributed by atoms with van der Waals surface area (Å²) in [6.45, 7) is 0.0362. The van der Waals surface area contributed by atoms with Crippen molar-refractivity contribution < 1.29 is 19.1 Å². The smallest absolute Gasteiger partial charge is 0.407 e. The highest BCUT2D eigenvalue weighted by Crippen LogP contribution is 2.23. The summed E-state index contributed by atoms with van der Waals surface area (Å²) in [6, 6.07) is 9.33. The molecule has 1 aliphatic rings. The molecule has 0 spiro atoms. The van der Waals surface area contributed by atoms with Crippen molar-refractivity contribution >= 4 is 12.1 Å². The van der Waals surface area contributed by atoms with Gasteiger partial charge >= 0.3 is 12.1 Å². The van der Waals surface area contributed by atoms with E-state index in [9.17, 15) is 9.59 Å². The van der Waals surface area contributed by atoms with Crippen LogP contribution in [0.2, 0.25) is 0 Å². The van der Waals surface area contributed by atoms with Gasteiger partial charge in [-0.1, -0.05) is 30.3 Å². The summed E-state index contributed by atoms with van der Waals surface area (Å²) in [5.74, 6) is -0.422. The average Bonchev–Trinajstić information content (AvgIpc) is 3.19. The van der Waals surface area contributed by atoms with Gasteiger partial charge < -0.3 is 14.8 Å². The fourth-order valence-electron chi connectivity index (χ4n) is 1.33. The fraction of sp³-hybridized carbons (Fsp3) is 0.385. The highest BCUT2D eigenvalue weighted by Gasteiger charge is 2.25. The predicted octanol–water partition coefficient (Wildman–Crippen LogP) is 1.62. The van der Waals surface area contributed by atoms with E-state index in [1.54, 1.807) is 0 Å². The molecule has 0 bridgehead atoms. The molecule has 1 aromatic carbocycles. The lowest BCUT2D eigenvalue weighted by molar-refractivity contribution is -0.143. The van der Waals surface area contributed by atoms with E-state index in [1.165, 1.54) is 0 Å². The number of amides is 1. The van der Waals surface area contributed by atoms with Gasteiger partial charge in [-0.3, -0.25) is 4.79 Å². The number of benzene rings is 1. The molecule has 2 rings (SSSR count). The van der Waals surface area contributed by atoms with Crippen molar-refractivity contribution in [3.05, 3.63) is 35.9 Å². The van der Waals surface area contributed by atoms with E-state index in [4.69, 9.17) is 9.47 Å². The lowest BCUT2D eigenvalue weighted by atomic mass is 10.2. The van der Waals surface area contributed by atoms with Gasteiger partial charge in [0.2, 0.25) is 0 Å². The van der Waals surface area contributed by atoms with E-state index in [1.807, 2.05) is 30.3 Å². The summed E-state index contributed by atoms with van der Waals surface area (Å²) in [7, 11) is 0. The Morgan fingerprint density at radius 3 is 2.61 bits per heavy atom. The molecule has 0 radical (unpaired) electrons. The number of alkyl carbamates (subject to hydrolysis) is 1. The Labute approximate surface area is 105 Å². The molecule has 0 heterocycles. The number of nitrogens with one attached hydrogen (secondary N) is 1. The molecule has 0 aromatic heterocycles. The molecule has 1 fully saturated rings. The third kappa shape index (κ3) is 4.45. The first-order chi connectivity index (χ1) is 8.74. The molecular weight excluding hydrogens is 234 g/mol. The minimum Gasteiger partial charge on any atom is -0.461 e. The molecule has 1 saturated carbocycles. The van der Waals surface area contributed by atoms with Gasteiger partial charge in [-0.05, 0) is 18.4 Å². The third-order valence-corrected chi connectivity index (χ3v) is 2.41. The van der Waals surface area contributed by atoms with E-state index in [2.05, 4.69) is 5.32 Å². The molecule has 0 unspecified atom stereocenters. The van der Waals surface area contributed by atoms with Crippen molar-refractivity contribution in [2.75, 3.05) is 6.54 Å². The van der Waals surface area contributed by atoms with Gasteiger partial charge in [0.25, 0.3) is 0 Å². The van der Waals surface area contributed by atoms with Gasteiger partial charge in [0, 0.05) is 0 Å². The molecular formula is C13H15NO4. The molecule has 1 amide bonds. The molecule has 1 aliphatic carbocycles. The van der Waals surface area contributed by atoms with Crippen LogP contribution >= 0.6 is 0 Å². The summed E-state index contributed by atoms with van der Waals surface area (Å²) >= 11 is 0. The van der Waals surface area contributed by atoms with Crippen molar-refractivity contribution in [1.82, 2.24) is 5.32 Å². The second-order valence-corrected chi connectivity index (χ2v) is 4.10. The lowest BCUT2D eigenvalue weighted by Crippen LogP contribution is -2.31. The zero-order chi connectivity index (χ0) is 12.8. The van der Waals surface area contributed by atoms with E-state index < -0.39 is 12.1 Å². The van der Waals surface area contributed by atoms with Gasteiger partial charge in [0.15, 0.2) is 0 Å². The second-order valence-electron chi connectivity index (χ2n) is 4.10. The number of ether oxygens (including phenoxy) is 2. The minimum absolute atomic E-state index is 0.0552. The molecule has 0 atom stereocenters. The van der Waals surface area contributed by atoms with Gasteiger partial charge in [0.05, 0.1) is 0 Å². The van der Waals surface area contributed by atoms with Crippen LogP contribution in [0.3, 0.4) is 0 Å². The zero-order valence-corrected chi connectivity index (χ0v) is 9.93. The predicted molar refractivity (Wildman–Crippen MR) is 63.7 cm³/mol. The lowest BCUT2D eigenvalue weighted by Gasteiger charge is -2.07. The molecule has 5 heteroatoms. The van der Waals surface area contributed by atoms with Crippen LogP contribution in [0, 0.1) is 0 Å². The summed E-state index contributed by atoms with van der Waals surface area (Å²) < 4.78 is 9.91. The standard InChI is InChI=1S/C13H15NO4/c15-12(18-11-6-7-11)8-14-13(16)17-9-10-4-2-1-3-5-10/h1-5,11H,6-9H2,(H,14,16). The van der Waals surface area contributed by atoms with Crippen LogP contribution < -0.4 is 5.32 Å². The van der Waals surface area contributed by atoms with E-state index >= 15 is 0 Å². The summed E-state index contributed by atoms with van der Waals surface area (Å²) in [4.78, 5) is 22.5. The number of rotatable bonds is 5. The van der Waals surface area contributed by atoms with Crippen molar-refractivity contribution in [3.8, 4) is 0 Å². The van der Waals surface area contributed by atoms with Crippen LogP contribution in [0.4, 0.5) is 4.79 Å². The summed E-state index contributed by atoms with van der Waals surface area (Å²) in [5, 5.41) is 2.35. The highest BCUT2D eigenvalue weighted by atomic mass is 16.6. The van der Waals surface area contributed by atoms with Crippen molar-refractivity contribution in [2.24, 2.45) is 0 Å². The van der Waals surface area contributed by atoms with Crippen LogP contribution in [0.15, 0.2) is 30.3 Å². The average molecular weight is 249 g/mol. The Morgan fingerprint density at radius 1 is 1.22 bits per heavy atom. The largest absolute Gasteiger partial charge is 0.461 e. The van der Waals surface area contributed by atoms with Gasteiger partial charge in [-0.2, -0.15) is 0 Å². The molecule has 1 N–H and O–H groups in total. The van der Waals surface area contributed by atoms with Crippen molar-refractivity contribution in [2.45, 2.75) is 25.6 Å². The first-order valence-electron chi connectivity index (χ1n) is 5.88. The highest BCUT2D eigenvalue weighted by molar-refractivity contribution is 5.78. The molecule has 0 aliphatic heterocycles. The third-order valence-electron chi connectivity index (χ3n) is 2.41. The SMILES string of the molecule is O=C(CNC(=O)OCc1ccccc1)OC1CC1. The zero-order valence-electron chi connectivity index (χ0n) is 9.93. The first kappa shape index (κ1) is 12.4. The molecule has 5 nitrogen and oxygen atoms in total. The number of carbonyl (C=O) groups excluding carboxylic acids is 2. The number of esters is 1. The fourth-order valence-corrected chi connectivity index (χ4v) is 1.33. The maximum atomic E-state index is 11.3.